The number of carbonyl (C=O) groups excluding carboxylic acids is 2. The van der Waals surface area contributed by atoms with Gasteiger partial charge in [-0.3, -0.25) is 14.9 Å². The topological polar surface area (TPSA) is 93.0 Å². The molecule has 8 nitrogen and oxygen atoms in total. The lowest BCUT2D eigenvalue weighted by molar-refractivity contribution is -0.127. The van der Waals surface area contributed by atoms with Crippen LogP contribution in [0.25, 0.3) is 5.69 Å². The summed E-state index contributed by atoms with van der Waals surface area (Å²) in [6.07, 6.45) is 3.55. The monoisotopic (exact) mass is 390 g/mol. The average molecular weight is 391 g/mol. The van der Waals surface area contributed by atoms with E-state index >= 15 is 0 Å². The number of aromatic nitrogens is 4. The Kier molecular flexibility index (Phi) is 5.29. The van der Waals surface area contributed by atoms with Crippen molar-refractivity contribution in [2.75, 3.05) is 19.4 Å². The number of nitrogens with one attached hydrogen (secondary N) is 1. The molecule has 2 heterocycles. The normalized spacial score (nSPS) is 10.6. The van der Waals surface area contributed by atoms with Gasteiger partial charge in [0.15, 0.2) is 0 Å². The van der Waals surface area contributed by atoms with Crippen LogP contribution in [-0.2, 0) is 11.2 Å². The van der Waals surface area contributed by atoms with Crippen LogP contribution in [0.15, 0.2) is 36.7 Å². The maximum Gasteiger partial charge on any atom is 0.259 e. The first-order valence-corrected chi connectivity index (χ1v) is 8.77. The summed E-state index contributed by atoms with van der Waals surface area (Å²) < 4.78 is 1.63. The SMILES string of the molecule is CN(C)C(=O)Cc1nnc(NC(=O)c2cc(-n3cccn3)ccc2Cl)s1. The first kappa shape index (κ1) is 18.0. The van der Waals surface area contributed by atoms with Crippen molar-refractivity contribution in [2.45, 2.75) is 6.42 Å². The summed E-state index contributed by atoms with van der Waals surface area (Å²) in [5.74, 6) is -0.500. The first-order chi connectivity index (χ1) is 12.4. The highest BCUT2D eigenvalue weighted by Gasteiger charge is 2.16. The van der Waals surface area contributed by atoms with E-state index in [9.17, 15) is 9.59 Å². The summed E-state index contributed by atoms with van der Waals surface area (Å²) in [5.41, 5.74) is 1.000. The van der Waals surface area contributed by atoms with E-state index in [4.69, 9.17) is 11.6 Å². The molecule has 3 aromatic rings. The van der Waals surface area contributed by atoms with Gasteiger partial charge >= 0.3 is 0 Å². The molecular formula is C16H15ClN6O2S. The number of anilines is 1. The van der Waals surface area contributed by atoms with Crippen LogP contribution in [0, 0.1) is 0 Å². The molecule has 0 saturated heterocycles. The Balaban J connectivity index is 1.75. The molecule has 0 saturated carbocycles. The van der Waals surface area contributed by atoms with Gasteiger partial charge in [0, 0.05) is 26.5 Å². The summed E-state index contributed by atoms with van der Waals surface area (Å²) in [7, 11) is 3.33. The second-order valence-corrected chi connectivity index (χ2v) is 7.00. The van der Waals surface area contributed by atoms with Crippen molar-refractivity contribution in [1.82, 2.24) is 24.9 Å². The maximum absolute atomic E-state index is 12.5. The average Bonchev–Trinajstić information content (AvgIpc) is 3.27. The highest BCUT2D eigenvalue weighted by atomic mass is 35.5. The van der Waals surface area contributed by atoms with Crippen molar-refractivity contribution >= 4 is 39.9 Å². The van der Waals surface area contributed by atoms with Gasteiger partial charge in [-0.15, -0.1) is 10.2 Å². The predicted octanol–water partition coefficient (Wildman–Crippen LogP) is 2.26. The molecule has 2 amide bonds. The lowest BCUT2D eigenvalue weighted by Crippen LogP contribution is -2.23. The highest BCUT2D eigenvalue weighted by molar-refractivity contribution is 7.15. The number of halogens is 1. The highest BCUT2D eigenvalue weighted by Crippen LogP contribution is 2.22. The van der Waals surface area contributed by atoms with E-state index < -0.39 is 5.91 Å². The Morgan fingerprint density at radius 1 is 1.31 bits per heavy atom. The summed E-state index contributed by atoms with van der Waals surface area (Å²) in [6, 6.07) is 6.82. The Labute approximate surface area is 158 Å². The molecular weight excluding hydrogens is 376 g/mol. The zero-order valence-corrected chi connectivity index (χ0v) is 15.6. The first-order valence-electron chi connectivity index (χ1n) is 7.57. The molecule has 0 fully saturated rings. The van der Waals surface area contributed by atoms with E-state index in [0.717, 1.165) is 11.3 Å². The molecule has 0 aliphatic carbocycles. The van der Waals surface area contributed by atoms with Crippen molar-refractivity contribution in [1.29, 1.82) is 0 Å². The van der Waals surface area contributed by atoms with Gasteiger partial charge in [-0.1, -0.05) is 22.9 Å². The lowest BCUT2D eigenvalue weighted by atomic mass is 10.2. The van der Waals surface area contributed by atoms with Gasteiger partial charge in [-0.25, -0.2) is 4.68 Å². The van der Waals surface area contributed by atoms with Crippen molar-refractivity contribution in [2.24, 2.45) is 0 Å². The van der Waals surface area contributed by atoms with E-state index in [1.54, 1.807) is 55.4 Å². The van der Waals surface area contributed by atoms with Crippen molar-refractivity contribution in [3.05, 3.63) is 52.3 Å². The number of carbonyl (C=O) groups is 2. The van der Waals surface area contributed by atoms with Crippen molar-refractivity contribution < 1.29 is 9.59 Å². The fourth-order valence-electron chi connectivity index (χ4n) is 2.08. The Morgan fingerprint density at radius 3 is 2.81 bits per heavy atom. The third-order valence-corrected chi connectivity index (χ3v) is 4.62. The number of hydrogen-bond donors (Lipinski definition) is 1. The molecule has 26 heavy (non-hydrogen) atoms. The van der Waals surface area contributed by atoms with E-state index in [0.29, 0.717) is 26.4 Å². The molecule has 1 aromatic carbocycles. The zero-order chi connectivity index (χ0) is 18.7. The van der Waals surface area contributed by atoms with Crippen LogP contribution in [0.4, 0.5) is 5.13 Å². The van der Waals surface area contributed by atoms with Gasteiger partial charge in [-0.05, 0) is 24.3 Å². The molecule has 2 aromatic heterocycles. The van der Waals surface area contributed by atoms with Crippen LogP contribution in [-0.4, -0.2) is 50.8 Å². The summed E-state index contributed by atoms with van der Waals surface area (Å²) in [4.78, 5) is 25.7. The van der Waals surface area contributed by atoms with Gasteiger partial charge in [0.05, 0.1) is 22.7 Å². The van der Waals surface area contributed by atoms with Gasteiger partial charge in [-0.2, -0.15) is 5.10 Å². The van der Waals surface area contributed by atoms with E-state index in [2.05, 4.69) is 20.6 Å². The lowest BCUT2D eigenvalue weighted by Gasteiger charge is -2.08. The summed E-state index contributed by atoms with van der Waals surface area (Å²) in [6.45, 7) is 0. The van der Waals surface area contributed by atoms with E-state index in [-0.39, 0.29) is 12.3 Å². The fourth-order valence-corrected chi connectivity index (χ4v) is 3.01. The minimum absolute atomic E-state index is 0.0889. The predicted molar refractivity (Wildman–Crippen MR) is 98.8 cm³/mol. The molecule has 0 spiro atoms. The van der Waals surface area contributed by atoms with Gasteiger partial charge in [0.2, 0.25) is 11.0 Å². The number of rotatable bonds is 5. The number of likely N-dealkylation sites (N-methyl/N-ethyl adjacent to an activating group) is 1. The third kappa shape index (κ3) is 4.06. The maximum atomic E-state index is 12.5. The largest absolute Gasteiger partial charge is 0.348 e. The molecule has 10 heteroatoms. The van der Waals surface area contributed by atoms with Crippen LogP contribution >= 0.6 is 22.9 Å². The molecule has 0 aliphatic heterocycles. The quantitative estimate of drug-likeness (QED) is 0.721. The molecule has 0 bridgehead atoms. The second kappa shape index (κ2) is 7.63. The molecule has 0 atom stereocenters. The van der Waals surface area contributed by atoms with Crippen LogP contribution in [0.2, 0.25) is 5.02 Å². The van der Waals surface area contributed by atoms with Crippen LogP contribution in [0.5, 0.6) is 0 Å². The summed E-state index contributed by atoms with van der Waals surface area (Å²) in [5, 5.41) is 15.8. The number of nitrogens with zero attached hydrogens (tertiary/aromatic N) is 5. The fraction of sp³-hybridized carbons (Fsp3) is 0.188. The summed E-state index contributed by atoms with van der Waals surface area (Å²) >= 11 is 7.30. The van der Waals surface area contributed by atoms with Gasteiger partial charge in [0.25, 0.3) is 5.91 Å². The number of benzene rings is 1. The van der Waals surface area contributed by atoms with Crippen molar-refractivity contribution in [3.63, 3.8) is 0 Å². The third-order valence-electron chi connectivity index (χ3n) is 3.45. The zero-order valence-electron chi connectivity index (χ0n) is 14.0. The van der Waals surface area contributed by atoms with Crippen molar-refractivity contribution in [3.8, 4) is 5.69 Å². The van der Waals surface area contributed by atoms with Crippen LogP contribution in [0.1, 0.15) is 15.4 Å². The Morgan fingerprint density at radius 2 is 2.12 bits per heavy atom. The molecule has 0 aliphatic rings. The van der Waals surface area contributed by atoms with E-state index in [1.165, 1.54) is 4.90 Å². The van der Waals surface area contributed by atoms with Gasteiger partial charge < -0.3 is 4.90 Å². The minimum Gasteiger partial charge on any atom is -0.348 e. The molecule has 134 valence electrons. The standard InChI is InChI=1S/C16H15ClN6O2S/c1-22(2)14(24)9-13-20-21-16(26-13)19-15(25)11-8-10(4-5-12(11)17)23-7-3-6-18-23/h3-8H,9H2,1-2H3,(H,19,21,25). The smallest absolute Gasteiger partial charge is 0.259 e. The Bertz CT molecular complexity index is 938. The molecule has 0 radical (unpaired) electrons. The van der Waals surface area contributed by atoms with Crippen LogP contribution < -0.4 is 5.32 Å². The minimum atomic E-state index is -0.411. The number of hydrogen-bond acceptors (Lipinski definition) is 6. The Hall–Kier alpha value is -2.78. The molecule has 1 N–H and O–H groups in total. The van der Waals surface area contributed by atoms with Gasteiger partial charge in [0.1, 0.15) is 5.01 Å². The number of amides is 2. The van der Waals surface area contributed by atoms with E-state index in [1.807, 2.05) is 0 Å². The van der Waals surface area contributed by atoms with Crippen LogP contribution in [0.3, 0.4) is 0 Å². The molecule has 0 unspecified atom stereocenters. The molecule has 3 rings (SSSR count). The second-order valence-electron chi connectivity index (χ2n) is 5.53.